The molecule has 0 aromatic carbocycles. The van der Waals surface area contributed by atoms with E-state index in [4.69, 9.17) is 25.4 Å². The molecule has 11 atom stereocenters. The van der Waals surface area contributed by atoms with E-state index in [2.05, 4.69) is 11.2 Å². The van der Waals surface area contributed by atoms with E-state index in [1.807, 2.05) is 0 Å². The molecule has 1 amide bonds. The molecule has 1 aliphatic heterocycles. The fourth-order valence-electron chi connectivity index (χ4n) is 7.72. The second-order valence-corrected chi connectivity index (χ2v) is 13.3. The summed E-state index contributed by atoms with van der Waals surface area (Å²) in [4.78, 5) is 52.0. The molecule has 0 radical (unpaired) electrons. The van der Waals surface area contributed by atoms with Gasteiger partial charge in [-0.1, -0.05) is 13.8 Å². The molecule has 4 rings (SSSR count). The van der Waals surface area contributed by atoms with Crippen molar-refractivity contribution in [3.8, 4) is 12.3 Å². The van der Waals surface area contributed by atoms with Crippen molar-refractivity contribution in [2.24, 2.45) is 16.7 Å². The Bertz CT molecular complexity index is 1320. The molecule has 6 N–H and O–H groups in total. The number of Topliss-reactive ketones (excluding diaryl/α,β-unsaturated/α-hetero) is 1. The molecule has 14 heteroatoms. The van der Waals surface area contributed by atoms with E-state index in [9.17, 15) is 44.7 Å². The number of aliphatic hydroxyl groups is 5. The number of fused-ring (bicyclic) bond motifs is 5. The van der Waals surface area contributed by atoms with Gasteiger partial charge in [0.1, 0.15) is 36.1 Å². The Morgan fingerprint density at radius 2 is 1.82 bits per heavy atom. The van der Waals surface area contributed by atoms with Crippen LogP contribution in [0, 0.1) is 29.1 Å². The number of ether oxygens (including phenoxy) is 4. The number of esters is 2. The predicted octanol–water partition coefficient (Wildman–Crippen LogP) is -0.733. The third kappa shape index (κ3) is 5.33. The molecule has 14 nitrogen and oxygen atoms in total. The van der Waals surface area contributed by atoms with Gasteiger partial charge in [-0.3, -0.25) is 9.59 Å². The molecule has 45 heavy (non-hydrogen) atoms. The van der Waals surface area contributed by atoms with E-state index in [1.165, 1.54) is 34.6 Å². The first kappa shape index (κ1) is 34.8. The molecule has 1 heterocycles. The van der Waals surface area contributed by atoms with Crippen molar-refractivity contribution in [1.29, 1.82) is 0 Å². The smallest absolute Gasteiger partial charge is 0.407 e. The topological polar surface area (TPSA) is 218 Å². The number of terminal acetylenes is 1. The molecule has 4 aliphatic rings. The molecule has 250 valence electrons. The summed E-state index contributed by atoms with van der Waals surface area (Å²) >= 11 is 0. The van der Waals surface area contributed by atoms with Crippen LogP contribution in [0.5, 0.6) is 0 Å². The number of hydrogen-bond acceptors (Lipinski definition) is 13. The largest absolute Gasteiger partial charge is 0.459 e. The van der Waals surface area contributed by atoms with Crippen LogP contribution in [0.2, 0.25) is 0 Å². The van der Waals surface area contributed by atoms with E-state index in [0.717, 1.165) is 6.92 Å². The molecule has 1 saturated heterocycles. The van der Waals surface area contributed by atoms with Crippen molar-refractivity contribution < 1.29 is 63.7 Å². The van der Waals surface area contributed by atoms with Gasteiger partial charge in [-0.2, -0.15) is 0 Å². The van der Waals surface area contributed by atoms with Crippen LogP contribution in [0.1, 0.15) is 60.8 Å². The molecule has 2 bridgehead atoms. The number of carbonyl (C=O) groups excluding carboxylic acids is 4. The molecule has 3 aliphatic carbocycles. The molecule has 1 unspecified atom stereocenters. The number of hydrogen-bond donors (Lipinski definition) is 6. The van der Waals surface area contributed by atoms with Crippen LogP contribution in [0.15, 0.2) is 11.1 Å². The Morgan fingerprint density at radius 3 is 2.38 bits per heavy atom. The van der Waals surface area contributed by atoms with Gasteiger partial charge in [-0.05, 0) is 31.9 Å². The summed E-state index contributed by atoms with van der Waals surface area (Å²) in [5.41, 5.74) is -7.31. The number of ketones is 1. The quantitative estimate of drug-likeness (QED) is 0.0668. The van der Waals surface area contributed by atoms with Crippen LogP contribution in [0.25, 0.3) is 0 Å². The average molecular weight is 638 g/mol. The number of alkyl carbamates (subject to hydrolysis) is 1. The second-order valence-electron chi connectivity index (χ2n) is 13.3. The van der Waals surface area contributed by atoms with Gasteiger partial charge in [0, 0.05) is 37.5 Å². The lowest BCUT2D eigenvalue weighted by Gasteiger charge is -2.66. The Kier molecular flexibility index (Phi) is 9.24. The third-order valence-corrected chi connectivity index (χ3v) is 10.5. The predicted molar refractivity (Wildman–Crippen MR) is 153 cm³/mol. The van der Waals surface area contributed by atoms with Gasteiger partial charge in [-0.25, -0.2) is 9.59 Å². The van der Waals surface area contributed by atoms with Crippen molar-refractivity contribution in [1.82, 2.24) is 5.32 Å². The van der Waals surface area contributed by atoms with Gasteiger partial charge in [-0.15, -0.1) is 12.3 Å². The van der Waals surface area contributed by atoms with Crippen molar-refractivity contribution in [3.05, 3.63) is 11.1 Å². The Balaban J connectivity index is 1.77. The third-order valence-electron chi connectivity index (χ3n) is 10.5. The van der Waals surface area contributed by atoms with Gasteiger partial charge >= 0.3 is 18.0 Å². The molecule has 0 aromatic heterocycles. The molecular formula is C31H43NO13. The summed E-state index contributed by atoms with van der Waals surface area (Å²) in [5, 5.41) is 60.5. The summed E-state index contributed by atoms with van der Waals surface area (Å²) in [6.45, 7) is 7.97. The normalized spacial score (nSPS) is 39.7. The summed E-state index contributed by atoms with van der Waals surface area (Å²) in [6, 6.07) is -1.19. The Labute approximate surface area is 261 Å². The van der Waals surface area contributed by atoms with Gasteiger partial charge < -0.3 is 49.8 Å². The maximum absolute atomic E-state index is 14.2. The van der Waals surface area contributed by atoms with Crippen LogP contribution < -0.4 is 5.32 Å². The highest BCUT2D eigenvalue weighted by molar-refractivity contribution is 5.93. The SMILES string of the molecule is C#CCCOC(=O)N[C@@H](C)[C@@H](O)C(=O)OC1C[C@@]2(O)[C@@H](OC(C)=O)[C@@H]3[C@]4(O)CO[C@@H]4C[C@H](O)[C@@]3(C)C(=O)[C@H](O)C(=C1C)C2(C)C. The molecule has 2 saturated carbocycles. The molecule has 0 aromatic rings. The first-order valence-electron chi connectivity index (χ1n) is 14.9. The monoisotopic (exact) mass is 637 g/mol. The fourth-order valence-corrected chi connectivity index (χ4v) is 7.72. The van der Waals surface area contributed by atoms with Crippen LogP contribution >= 0.6 is 0 Å². The number of carbonyl (C=O) groups is 4. The highest BCUT2D eigenvalue weighted by Gasteiger charge is 2.76. The zero-order valence-electron chi connectivity index (χ0n) is 26.2. The maximum atomic E-state index is 14.2. The standard InChI is InChI=1S/C31H43NO13/c1-8-9-10-42-27(39)32-15(3)21(35)26(38)45-17-12-31(41)25(44-16(4)33)23-29(7,18(34)11-19-30(23,40)13-43-19)24(37)22(36)20(14(17)2)28(31,5)6/h1,15,17-19,21-23,25,34-36,40-41H,9-13H2,2-7H3,(H,32,39)/t15-,17?,18-,19+,21+,22+,23-,25-,29+,30-,31+/m0/s1. The summed E-state index contributed by atoms with van der Waals surface area (Å²) in [7, 11) is 0. The zero-order chi connectivity index (χ0) is 33.9. The minimum Gasteiger partial charge on any atom is -0.459 e. The van der Waals surface area contributed by atoms with Crippen LogP contribution in [0.4, 0.5) is 4.79 Å². The lowest BCUT2D eigenvalue weighted by atomic mass is 9.45. The first-order valence-corrected chi connectivity index (χ1v) is 14.9. The maximum Gasteiger partial charge on any atom is 0.407 e. The molecular weight excluding hydrogens is 594 g/mol. The number of amides is 1. The van der Waals surface area contributed by atoms with Gasteiger partial charge in [0.2, 0.25) is 0 Å². The minimum atomic E-state index is -2.21. The second kappa shape index (κ2) is 11.9. The Morgan fingerprint density at radius 1 is 1.18 bits per heavy atom. The van der Waals surface area contributed by atoms with E-state index in [1.54, 1.807) is 0 Å². The highest BCUT2D eigenvalue weighted by Crippen LogP contribution is 2.63. The van der Waals surface area contributed by atoms with E-state index < -0.39 is 101 Å². The highest BCUT2D eigenvalue weighted by atomic mass is 16.6. The van der Waals surface area contributed by atoms with Gasteiger partial charge in [0.05, 0.1) is 30.3 Å². The fraction of sp³-hybridized carbons (Fsp3) is 0.742. The zero-order valence-corrected chi connectivity index (χ0v) is 26.2. The Hall–Kier alpha value is -3.06. The van der Waals surface area contributed by atoms with Crippen LogP contribution in [0.3, 0.4) is 0 Å². The minimum absolute atomic E-state index is 0.0280. The summed E-state index contributed by atoms with van der Waals surface area (Å²) in [6.07, 6.45) is -5.50. The van der Waals surface area contributed by atoms with Crippen LogP contribution in [-0.2, 0) is 33.3 Å². The lowest BCUT2D eigenvalue weighted by Crippen LogP contribution is -2.81. The van der Waals surface area contributed by atoms with Crippen molar-refractivity contribution >= 4 is 23.8 Å². The van der Waals surface area contributed by atoms with Gasteiger partial charge in [0.25, 0.3) is 0 Å². The summed E-state index contributed by atoms with van der Waals surface area (Å²) in [5.74, 6) is -2.09. The molecule has 3 fully saturated rings. The van der Waals surface area contributed by atoms with Crippen molar-refractivity contribution in [3.63, 3.8) is 0 Å². The lowest BCUT2D eigenvalue weighted by molar-refractivity contribution is -0.345. The van der Waals surface area contributed by atoms with Crippen LogP contribution in [-0.4, -0.2) is 116 Å². The van der Waals surface area contributed by atoms with E-state index in [-0.39, 0.29) is 37.2 Å². The van der Waals surface area contributed by atoms with Crippen molar-refractivity contribution in [2.75, 3.05) is 13.2 Å². The van der Waals surface area contributed by atoms with E-state index in [0.29, 0.717) is 0 Å². The first-order chi connectivity index (χ1) is 20.8. The van der Waals surface area contributed by atoms with E-state index >= 15 is 0 Å². The summed E-state index contributed by atoms with van der Waals surface area (Å²) < 4.78 is 21.8. The molecule has 0 spiro atoms. The van der Waals surface area contributed by atoms with Crippen molar-refractivity contribution in [2.45, 2.75) is 115 Å². The number of rotatable bonds is 7. The number of aliphatic hydroxyl groups excluding tert-OH is 3. The number of nitrogens with one attached hydrogen (secondary N) is 1. The van der Waals surface area contributed by atoms with Gasteiger partial charge in [0.15, 0.2) is 11.9 Å². The average Bonchev–Trinajstić information content (AvgIpc) is 2.95.